The van der Waals surface area contributed by atoms with E-state index in [4.69, 9.17) is 5.73 Å². The number of hydrogen-bond donors (Lipinski definition) is 2. The van der Waals surface area contributed by atoms with Gasteiger partial charge in [-0.15, -0.1) is 0 Å². The summed E-state index contributed by atoms with van der Waals surface area (Å²) in [6.07, 6.45) is 5.52. The molecule has 1 aromatic carbocycles. The van der Waals surface area contributed by atoms with E-state index in [0.717, 1.165) is 30.0 Å². The van der Waals surface area contributed by atoms with Crippen molar-refractivity contribution in [3.8, 4) is 0 Å². The van der Waals surface area contributed by atoms with Crippen LogP contribution >= 0.6 is 0 Å². The average Bonchev–Trinajstić information content (AvgIpc) is 2.62. The molecule has 0 spiro atoms. The van der Waals surface area contributed by atoms with Gasteiger partial charge < -0.3 is 16.0 Å². The molecule has 0 bridgehead atoms. The SMILES string of the molecule is Cc1ccc(NCCN2CCCCCC2)cc1N. The van der Waals surface area contributed by atoms with Gasteiger partial charge in [-0.25, -0.2) is 0 Å². The van der Waals surface area contributed by atoms with E-state index in [1.54, 1.807) is 0 Å². The lowest BCUT2D eigenvalue weighted by Crippen LogP contribution is -2.29. The van der Waals surface area contributed by atoms with Gasteiger partial charge in [0.25, 0.3) is 0 Å². The standard InChI is InChI=1S/C15H25N3/c1-13-6-7-14(12-15(13)16)17-8-11-18-9-4-2-3-5-10-18/h6-7,12,17H,2-5,8-11,16H2,1H3. The summed E-state index contributed by atoms with van der Waals surface area (Å²) in [5.41, 5.74) is 9.05. The summed E-state index contributed by atoms with van der Waals surface area (Å²) in [5, 5.41) is 3.46. The zero-order valence-corrected chi connectivity index (χ0v) is 11.4. The first-order valence-corrected chi connectivity index (χ1v) is 7.08. The Balaban J connectivity index is 1.75. The Kier molecular flexibility index (Phi) is 4.88. The van der Waals surface area contributed by atoms with Crippen LogP contribution in [0.15, 0.2) is 18.2 Å². The molecule has 100 valence electrons. The Labute approximate surface area is 110 Å². The van der Waals surface area contributed by atoms with Gasteiger partial charge in [0.1, 0.15) is 0 Å². The molecule has 18 heavy (non-hydrogen) atoms. The number of hydrogen-bond acceptors (Lipinski definition) is 3. The van der Waals surface area contributed by atoms with E-state index in [-0.39, 0.29) is 0 Å². The van der Waals surface area contributed by atoms with Crippen molar-refractivity contribution in [2.24, 2.45) is 0 Å². The molecule has 1 aromatic rings. The van der Waals surface area contributed by atoms with Gasteiger partial charge in [-0.1, -0.05) is 18.9 Å². The van der Waals surface area contributed by atoms with Gasteiger partial charge in [0.15, 0.2) is 0 Å². The second-order valence-corrected chi connectivity index (χ2v) is 5.25. The molecular weight excluding hydrogens is 222 g/mol. The summed E-state index contributed by atoms with van der Waals surface area (Å²) in [6.45, 7) is 6.70. The average molecular weight is 247 g/mol. The van der Waals surface area contributed by atoms with E-state index in [1.165, 1.54) is 38.8 Å². The van der Waals surface area contributed by atoms with E-state index in [9.17, 15) is 0 Å². The monoisotopic (exact) mass is 247 g/mol. The summed E-state index contributed by atoms with van der Waals surface area (Å²) in [4.78, 5) is 2.57. The van der Waals surface area contributed by atoms with Crippen LogP contribution in [0.2, 0.25) is 0 Å². The summed E-state index contributed by atoms with van der Waals surface area (Å²) in [5.74, 6) is 0. The largest absolute Gasteiger partial charge is 0.398 e. The molecule has 0 amide bonds. The zero-order valence-electron chi connectivity index (χ0n) is 11.4. The van der Waals surface area contributed by atoms with Gasteiger partial charge in [0.05, 0.1) is 0 Å². The van der Waals surface area contributed by atoms with E-state index < -0.39 is 0 Å². The molecule has 1 fully saturated rings. The van der Waals surface area contributed by atoms with Gasteiger partial charge in [0.2, 0.25) is 0 Å². The number of nitrogens with two attached hydrogens (primary N) is 1. The van der Waals surface area contributed by atoms with Crippen LogP contribution in [0.4, 0.5) is 11.4 Å². The fourth-order valence-electron chi connectivity index (χ4n) is 2.47. The van der Waals surface area contributed by atoms with E-state index in [1.807, 2.05) is 13.0 Å². The molecule has 1 aliphatic heterocycles. The molecule has 0 saturated carbocycles. The molecule has 3 nitrogen and oxygen atoms in total. The minimum Gasteiger partial charge on any atom is -0.398 e. The topological polar surface area (TPSA) is 41.3 Å². The molecule has 1 saturated heterocycles. The quantitative estimate of drug-likeness (QED) is 0.804. The van der Waals surface area contributed by atoms with Crippen LogP contribution in [0.1, 0.15) is 31.2 Å². The van der Waals surface area contributed by atoms with Gasteiger partial charge >= 0.3 is 0 Å². The number of rotatable bonds is 4. The summed E-state index contributed by atoms with van der Waals surface area (Å²) < 4.78 is 0. The molecule has 1 heterocycles. The smallest absolute Gasteiger partial charge is 0.0364 e. The fraction of sp³-hybridized carbons (Fsp3) is 0.600. The number of anilines is 2. The number of benzene rings is 1. The van der Waals surface area contributed by atoms with E-state index in [0.29, 0.717) is 0 Å². The van der Waals surface area contributed by atoms with Crippen molar-refractivity contribution < 1.29 is 0 Å². The summed E-state index contributed by atoms with van der Waals surface area (Å²) in [6, 6.07) is 6.20. The molecular formula is C15H25N3. The first-order chi connectivity index (χ1) is 8.75. The van der Waals surface area contributed by atoms with Gasteiger partial charge in [-0.05, 0) is 50.6 Å². The van der Waals surface area contributed by atoms with Crippen molar-refractivity contribution >= 4 is 11.4 Å². The number of nitrogens with one attached hydrogen (secondary N) is 1. The van der Waals surface area contributed by atoms with Gasteiger partial charge in [-0.3, -0.25) is 0 Å². The minimum absolute atomic E-state index is 0.870. The van der Waals surface area contributed by atoms with E-state index in [2.05, 4.69) is 22.3 Å². The van der Waals surface area contributed by atoms with Crippen molar-refractivity contribution in [2.45, 2.75) is 32.6 Å². The maximum atomic E-state index is 5.91. The third-order valence-corrected chi connectivity index (χ3v) is 3.74. The van der Waals surface area contributed by atoms with Crippen molar-refractivity contribution in [2.75, 3.05) is 37.2 Å². The molecule has 1 aliphatic rings. The minimum atomic E-state index is 0.870. The van der Waals surface area contributed by atoms with Gasteiger partial charge in [-0.2, -0.15) is 0 Å². The first kappa shape index (κ1) is 13.2. The third-order valence-electron chi connectivity index (χ3n) is 3.74. The Hall–Kier alpha value is -1.22. The first-order valence-electron chi connectivity index (χ1n) is 7.08. The molecule has 2 rings (SSSR count). The number of aryl methyl sites for hydroxylation is 1. The number of likely N-dealkylation sites (tertiary alicyclic amines) is 1. The lowest BCUT2D eigenvalue weighted by molar-refractivity contribution is 0.296. The van der Waals surface area contributed by atoms with Crippen LogP contribution in [0.5, 0.6) is 0 Å². The normalized spacial score (nSPS) is 17.4. The zero-order chi connectivity index (χ0) is 12.8. The number of nitrogen functional groups attached to an aromatic ring is 1. The lowest BCUT2D eigenvalue weighted by atomic mass is 10.2. The van der Waals surface area contributed by atoms with Crippen LogP contribution in [0, 0.1) is 6.92 Å². The van der Waals surface area contributed by atoms with E-state index >= 15 is 0 Å². The second-order valence-electron chi connectivity index (χ2n) is 5.25. The van der Waals surface area contributed by atoms with Crippen molar-refractivity contribution in [1.29, 1.82) is 0 Å². The maximum absolute atomic E-state index is 5.91. The third kappa shape index (κ3) is 3.91. The highest BCUT2D eigenvalue weighted by molar-refractivity contribution is 5.58. The summed E-state index contributed by atoms with van der Waals surface area (Å²) in [7, 11) is 0. The molecule has 0 aliphatic carbocycles. The highest BCUT2D eigenvalue weighted by Gasteiger charge is 2.07. The Morgan fingerprint density at radius 3 is 2.56 bits per heavy atom. The fourth-order valence-corrected chi connectivity index (χ4v) is 2.47. The van der Waals surface area contributed by atoms with Crippen LogP contribution in [-0.4, -0.2) is 31.1 Å². The number of nitrogens with zero attached hydrogens (tertiary/aromatic N) is 1. The molecule has 0 unspecified atom stereocenters. The predicted octanol–water partition coefficient (Wildman–Crippen LogP) is 2.87. The Bertz CT molecular complexity index is 368. The molecule has 0 aromatic heterocycles. The van der Waals surface area contributed by atoms with Crippen LogP contribution in [0.25, 0.3) is 0 Å². The summed E-state index contributed by atoms with van der Waals surface area (Å²) >= 11 is 0. The molecule has 0 atom stereocenters. The molecule has 3 heteroatoms. The van der Waals surface area contributed by atoms with Crippen molar-refractivity contribution in [3.05, 3.63) is 23.8 Å². The maximum Gasteiger partial charge on any atom is 0.0364 e. The van der Waals surface area contributed by atoms with Gasteiger partial charge in [0, 0.05) is 24.5 Å². The predicted molar refractivity (Wildman–Crippen MR) is 79.0 cm³/mol. The van der Waals surface area contributed by atoms with Crippen LogP contribution in [0.3, 0.4) is 0 Å². The highest BCUT2D eigenvalue weighted by atomic mass is 15.1. The Morgan fingerprint density at radius 2 is 1.89 bits per heavy atom. The Morgan fingerprint density at radius 1 is 1.17 bits per heavy atom. The molecule has 0 radical (unpaired) electrons. The van der Waals surface area contributed by atoms with Crippen LogP contribution in [-0.2, 0) is 0 Å². The van der Waals surface area contributed by atoms with Crippen LogP contribution < -0.4 is 11.1 Å². The lowest BCUT2D eigenvalue weighted by Gasteiger charge is -2.20. The van der Waals surface area contributed by atoms with Crippen molar-refractivity contribution in [3.63, 3.8) is 0 Å². The second kappa shape index (κ2) is 6.64. The highest BCUT2D eigenvalue weighted by Crippen LogP contribution is 2.16. The molecule has 3 N–H and O–H groups in total. The van der Waals surface area contributed by atoms with Crippen molar-refractivity contribution in [1.82, 2.24) is 4.90 Å².